The van der Waals surface area contributed by atoms with Crippen molar-refractivity contribution < 1.29 is 18.9 Å². The topological polar surface area (TPSA) is 36.9 Å². The second kappa shape index (κ2) is 7.32. The van der Waals surface area contributed by atoms with Crippen LogP contribution in [-0.4, -0.2) is 38.6 Å². The molecule has 0 unspecified atom stereocenters. The lowest BCUT2D eigenvalue weighted by atomic mass is 9.99. The van der Waals surface area contributed by atoms with E-state index >= 15 is 0 Å². The van der Waals surface area contributed by atoms with Crippen LogP contribution in [0.4, 0.5) is 0 Å². The van der Waals surface area contributed by atoms with Crippen molar-refractivity contribution in [3.63, 3.8) is 0 Å². The molecule has 2 aromatic carbocycles. The zero-order chi connectivity index (χ0) is 18.0. The lowest BCUT2D eigenvalue weighted by molar-refractivity contribution is -0.0943. The van der Waals surface area contributed by atoms with Gasteiger partial charge in [-0.2, -0.15) is 0 Å². The van der Waals surface area contributed by atoms with Crippen molar-refractivity contribution in [3.05, 3.63) is 42.0 Å². The van der Waals surface area contributed by atoms with Gasteiger partial charge in [0.2, 0.25) is 0 Å². The van der Waals surface area contributed by atoms with Crippen molar-refractivity contribution in [1.82, 2.24) is 0 Å². The molecule has 1 aliphatic rings. The van der Waals surface area contributed by atoms with E-state index in [4.69, 9.17) is 18.9 Å². The summed E-state index contributed by atoms with van der Waals surface area (Å²) in [6.07, 6.45) is 0.676. The molecule has 1 saturated heterocycles. The number of rotatable bonds is 5. The molecule has 0 amide bonds. The predicted molar refractivity (Wildman–Crippen MR) is 99.2 cm³/mol. The number of hydrogen-bond donors (Lipinski definition) is 0. The molecule has 0 bridgehead atoms. The third-order valence-corrected chi connectivity index (χ3v) is 4.63. The highest BCUT2D eigenvalue weighted by molar-refractivity contribution is 5.85. The van der Waals surface area contributed by atoms with Crippen LogP contribution < -0.4 is 4.74 Å². The first kappa shape index (κ1) is 18.2. The molecule has 1 fully saturated rings. The zero-order valence-electron chi connectivity index (χ0n) is 15.7. The maximum atomic E-state index is 6.31. The lowest BCUT2D eigenvalue weighted by Crippen LogP contribution is -2.32. The minimum Gasteiger partial charge on any atom is -0.496 e. The first-order valence-corrected chi connectivity index (χ1v) is 8.80. The number of ether oxygens (including phenoxy) is 4. The highest BCUT2D eigenvalue weighted by atomic mass is 16.6. The van der Waals surface area contributed by atoms with Gasteiger partial charge in [0.05, 0.1) is 31.5 Å². The van der Waals surface area contributed by atoms with E-state index in [0.29, 0.717) is 6.61 Å². The van der Waals surface area contributed by atoms with Crippen LogP contribution in [0.15, 0.2) is 36.4 Å². The summed E-state index contributed by atoms with van der Waals surface area (Å²) in [5, 5.41) is 2.35. The van der Waals surface area contributed by atoms with E-state index in [9.17, 15) is 0 Å². The van der Waals surface area contributed by atoms with E-state index in [2.05, 4.69) is 24.3 Å². The van der Waals surface area contributed by atoms with Gasteiger partial charge in [-0.1, -0.05) is 24.3 Å². The van der Waals surface area contributed by atoms with E-state index in [1.54, 1.807) is 14.2 Å². The van der Waals surface area contributed by atoms with Gasteiger partial charge in [0, 0.05) is 19.1 Å². The van der Waals surface area contributed by atoms with Crippen molar-refractivity contribution >= 4 is 10.8 Å². The third-order valence-electron chi connectivity index (χ3n) is 4.63. The molecule has 3 rings (SSSR count). The Morgan fingerprint density at radius 2 is 1.76 bits per heavy atom. The Hall–Kier alpha value is -1.62. The van der Waals surface area contributed by atoms with Crippen molar-refractivity contribution in [2.75, 3.05) is 20.8 Å². The fourth-order valence-electron chi connectivity index (χ4n) is 3.31. The SMILES string of the molecule is COc1cc2ccccc2cc1[C@H]1C[C@@H](OC)[C@@H](COC(C)(C)C)O1. The normalized spacial score (nSPS) is 24.0. The van der Waals surface area contributed by atoms with Gasteiger partial charge in [-0.15, -0.1) is 0 Å². The highest BCUT2D eigenvalue weighted by Gasteiger charge is 2.38. The van der Waals surface area contributed by atoms with Crippen LogP contribution in [0.1, 0.15) is 38.9 Å². The Morgan fingerprint density at radius 3 is 2.36 bits per heavy atom. The highest BCUT2D eigenvalue weighted by Crippen LogP contribution is 2.40. The average Bonchev–Trinajstić information content (AvgIpc) is 3.01. The second-order valence-corrected chi connectivity index (χ2v) is 7.54. The third kappa shape index (κ3) is 4.14. The summed E-state index contributed by atoms with van der Waals surface area (Å²) < 4.78 is 23.5. The first-order valence-electron chi connectivity index (χ1n) is 8.80. The molecule has 4 nitrogen and oxygen atoms in total. The van der Waals surface area contributed by atoms with Gasteiger partial charge >= 0.3 is 0 Å². The molecule has 25 heavy (non-hydrogen) atoms. The summed E-state index contributed by atoms with van der Waals surface area (Å²) >= 11 is 0. The minimum atomic E-state index is -0.194. The standard InChI is InChI=1S/C21H28O4/c1-21(2,3)24-13-20-19(23-5)12-18(25-20)16-10-14-8-6-7-9-15(14)11-17(16)22-4/h6-11,18-20H,12-13H2,1-5H3/t18-,19-,20-/m1/s1. The Balaban J connectivity index is 1.85. The molecular weight excluding hydrogens is 316 g/mol. The Bertz CT molecular complexity index is 719. The Kier molecular flexibility index (Phi) is 5.32. The smallest absolute Gasteiger partial charge is 0.125 e. The fourth-order valence-corrected chi connectivity index (χ4v) is 3.31. The molecule has 1 aliphatic heterocycles. The monoisotopic (exact) mass is 344 g/mol. The molecule has 0 aliphatic carbocycles. The predicted octanol–water partition coefficient (Wildman–Crippen LogP) is 4.51. The molecular formula is C21H28O4. The Labute approximate surface area is 150 Å². The van der Waals surface area contributed by atoms with Crippen LogP contribution >= 0.6 is 0 Å². The van der Waals surface area contributed by atoms with Crippen LogP contribution in [0.3, 0.4) is 0 Å². The van der Waals surface area contributed by atoms with E-state index in [0.717, 1.165) is 23.1 Å². The van der Waals surface area contributed by atoms with Gasteiger partial charge in [-0.05, 0) is 43.7 Å². The van der Waals surface area contributed by atoms with Crippen molar-refractivity contribution in [2.24, 2.45) is 0 Å². The molecule has 0 spiro atoms. The fraction of sp³-hybridized carbons (Fsp3) is 0.524. The number of hydrogen-bond acceptors (Lipinski definition) is 4. The molecule has 0 N–H and O–H groups in total. The van der Waals surface area contributed by atoms with Gasteiger partial charge in [-0.25, -0.2) is 0 Å². The molecule has 2 aromatic rings. The molecule has 4 heteroatoms. The van der Waals surface area contributed by atoms with Crippen LogP contribution in [0.2, 0.25) is 0 Å². The van der Waals surface area contributed by atoms with E-state index in [1.807, 2.05) is 32.9 Å². The lowest BCUT2D eigenvalue weighted by Gasteiger charge is -2.24. The van der Waals surface area contributed by atoms with Gasteiger partial charge in [0.15, 0.2) is 0 Å². The summed E-state index contributed by atoms with van der Waals surface area (Å²) in [6.45, 7) is 6.67. The number of fused-ring (bicyclic) bond motifs is 1. The van der Waals surface area contributed by atoms with Crippen molar-refractivity contribution in [2.45, 2.75) is 51.1 Å². The molecule has 3 atom stereocenters. The zero-order valence-corrected chi connectivity index (χ0v) is 15.7. The largest absolute Gasteiger partial charge is 0.496 e. The van der Waals surface area contributed by atoms with E-state index < -0.39 is 0 Å². The van der Waals surface area contributed by atoms with Crippen LogP contribution in [0.25, 0.3) is 10.8 Å². The van der Waals surface area contributed by atoms with Gasteiger partial charge in [-0.3, -0.25) is 0 Å². The minimum absolute atomic E-state index is 0.0172. The molecule has 0 aromatic heterocycles. The summed E-state index contributed by atoms with van der Waals surface area (Å²) in [5.41, 5.74) is 0.877. The first-order chi connectivity index (χ1) is 11.9. The second-order valence-electron chi connectivity index (χ2n) is 7.54. The summed E-state index contributed by atoms with van der Waals surface area (Å²) in [4.78, 5) is 0. The number of methoxy groups -OCH3 is 2. The Morgan fingerprint density at radius 1 is 1.08 bits per heavy atom. The van der Waals surface area contributed by atoms with Crippen molar-refractivity contribution in [3.8, 4) is 5.75 Å². The van der Waals surface area contributed by atoms with Crippen molar-refractivity contribution in [1.29, 1.82) is 0 Å². The van der Waals surface area contributed by atoms with E-state index in [1.165, 1.54) is 5.39 Å². The summed E-state index contributed by atoms with van der Waals surface area (Å²) in [7, 11) is 3.44. The van der Waals surface area contributed by atoms with Crippen LogP contribution in [0, 0.1) is 0 Å². The van der Waals surface area contributed by atoms with Crippen LogP contribution in [0.5, 0.6) is 5.75 Å². The number of benzene rings is 2. The maximum absolute atomic E-state index is 6.31. The summed E-state index contributed by atoms with van der Waals surface area (Å²) in [6, 6.07) is 12.5. The molecule has 136 valence electrons. The summed E-state index contributed by atoms with van der Waals surface area (Å²) in [5.74, 6) is 0.857. The average molecular weight is 344 g/mol. The van der Waals surface area contributed by atoms with Gasteiger partial charge in [0.25, 0.3) is 0 Å². The van der Waals surface area contributed by atoms with Gasteiger partial charge < -0.3 is 18.9 Å². The maximum Gasteiger partial charge on any atom is 0.125 e. The molecule has 0 radical (unpaired) electrons. The van der Waals surface area contributed by atoms with E-state index in [-0.39, 0.29) is 23.9 Å². The van der Waals surface area contributed by atoms with Gasteiger partial charge in [0.1, 0.15) is 11.9 Å². The molecule has 0 saturated carbocycles. The van der Waals surface area contributed by atoms with Crippen LogP contribution in [-0.2, 0) is 14.2 Å². The molecule has 1 heterocycles. The quantitative estimate of drug-likeness (QED) is 0.800.